The minimum Gasteiger partial charge on any atom is -0.480 e. The molecule has 1 unspecified atom stereocenters. The number of rotatable bonds is 2. The van der Waals surface area contributed by atoms with Gasteiger partial charge in [0.05, 0.1) is 6.10 Å². The molecule has 2 aliphatic rings. The minimum atomic E-state index is -1.06. The summed E-state index contributed by atoms with van der Waals surface area (Å²) in [6, 6.07) is -1.18. The average molecular weight is 242 g/mol. The summed E-state index contributed by atoms with van der Waals surface area (Å²) < 4.78 is 0. The first-order valence-electron chi connectivity index (χ1n) is 5.79. The minimum absolute atomic E-state index is 0.0932. The lowest BCUT2D eigenvalue weighted by atomic mass is 10.2. The zero-order valence-corrected chi connectivity index (χ0v) is 10.0. The molecular weight excluding hydrogens is 224 g/mol. The Morgan fingerprint density at radius 1 is 1.41 bits per heavy atom. The third kappa shape index (κ3) is 2.36. The molecule has 1 saturated carbocycles. The molecule has 17 heavy (non-hydrogen) atoms. The highest BCUT2D eigenvalue weighted by atomic mass is 16.4. The van der Waals surface area contributed by atoms with Crippen LogP contribution in [-0.2, 0) is 4.79 Å². The van der Waals surface area contributed by atoms with Crippen LogP contribution in [0.25, 0.3) is 0 Å². The number of hydrogen-bond acceptors (Lipinski definition) is 3. The maximum Gasteiger partial charge on any atom is 0.326 e. The van der Waals surface area contributed by atoms with E-state index in [4.69, 9.17) is 5.11 Å². The van der Waals surface area contributed by atoms with Gasteiger partial charge in [-0.2, -0.15) is 0 Å². The second kappa shape index (κ2) is 3.87. The molecule has 2 amide bonds. The van der Waals surface area contributed by atoms with E-state index in [1.54, 1.807) is 0 Å². The van der Waals surface area contributed by atoms with Crippen LogP contribution < -0.4 is 5.32 Å². The number of carboxylic acids is 1. The van der Waals surface area contributed by atoms with Crippen molar-refractivity contribution in [3.63, 3.8) is 0 Å². The molecule has 3 N–H and O–H groups in total. The lowest BCUT2D eigenvalue weighted by Gasteiger charge is -2.22. The molecule has 2 rings (SSSR count). The summed E-state index contributed by atoms with van der Waals surface area (Å²) in [5.41, 5.74) is 0.104. The number of carbonyl (C=O) groups is 2. The molecule has 1 heterocycles. The van der Waals surface area contributed by atoms with Gasteiger partial charge in [-0.05, 0) is 11.8 Å². The van der Waals surface area contributed by atoms with E-state index in [9.17, 15) is 14.7 Å². The number of aliphatic hydroxyl groups excluding tert-OH is 1. The number of urea groups is 1. The smallest absolute Gasteiger partial charge is 0.326 e. The zero-order chi connectivity index (χ0) is 12.8. The number of aliphatic hydroxyl groups is 1. The molecule has 0 aromatic heterocycles. The van der Waals surface area contributed by atoms with Crippen molar-refractivity contribution in [2.45, 2.75) is 44.9 Å². The molecule has 96 valence electrons. The number of β-amino-alcohol motifs (C(OH)–C–C–N with tert-alkyl or cyclic N) is 1. The summed E-state index contributed by atoms with van der Waals surface area (Å²) in [5.74, 6) is -1.06. The van der Waals surface area contributed by atoms with Gasteiger partial charge in [-0.15, -0.1) is 0 Å². The Kier molecular flexibility index (Phi) is 2.77. The van der Waals surface area contributed by atoms with Crippen LogP contribution in [0, 0.1) is 5.41 Å². The van der Waals surface area contributed by atoms with Gasteiger partial charge in [0.2, 0.25) is 0 Å². The third-order valence-corrected chi connectivity index (χ3v) is 3.64. The van der Waals surface area contributed by atoms with Crippen LogP contribution in [0.4, 0.5) is 4.79 Å². The monoisotopic (exact) mass is 242 g/mol. The predicted molar refractivity (Wildman–Crippen MR) is 59.5 cm³/mol. The van der Waals surface area contributed by atoms with Crippen molar-refractivity contribution < 1.29 is 19.8 Å². The standard InChI is InChI=1S/C11H18N2O4/c1-11(2)4-8(11)12-10(17)13-5-6(14)3-7(13)9(15)16/h6-8,14H,3-5H2,1-2H3,(H,12,17)(H,15,16)/t6-,7-,8?/m1/s1. The molecule has 3 atom stereocenters. The number of aliphatic carboxylic acids is 1. The molecular formula is C11H18N2O4. The largest absolute Gasteiger partial charge is 0.480 e. The van der Waals surface area contributed by atoms with E-state index in [1.807, 2.05) is 13.8 Å². The summed E-state index contributed by atoms with van der Waals surface area (Å²) in [7, 11) is 0. The van der Waals surface area contributed by atoms with Gasteiger partial charge in [0.25, 0.3) is 0 Å². The fourth-order valence-electron chi connectivity index (χ4n) is 2.22. The molecule has 0 spiro atoms. The van der Waals surface area contributed by atoms with Crippen LogP contribution in [0.15, 0.2) is 0 Å². The molecule has 1 aliphatic carbocycles. The van der Waals surface area contributed by atoms with E-state index >= 15 is 0 Å². The summed E-state index contributed by atoms with van der Waals surface area (Å²) >= 11 is 0. The average Bonchev–Trinajstić information content (AvgIpc) is 2.63. The Morgan fingerprint density at radius 3 is 2.47 bits per heavy atom. The SMILES string of the molecule is CC1(C)CC1NC(=O)N1C[C@H](O)C[C@@H]1C(=O)O. The molecule has 6 heteroatoms. The Morgan fingerprint density at radius 2 is 2.00 bits per heavy atom. The van der Waals surface area contributed by atoms with E-state index in [1.165, 1.54) is 4.90 Å². The van der Waals surface area contributed by atoms with Crippen molar-refractivity contribution in [3.8, 4) is 0 Å². The number of nitrogens with one attached hydrogen (secondary N) is 1. The van der Waals surface area contributed by atoms with Gasteiger partial charge in [0.1, 0.15) is 6.04 Å². The van der Waals surface area contributed by atoms with Gasteiger partial charge in [-0.3, -0.25) is 0 Å². The number of nitrogens with zero attached hydrogens (tertiary/aromatic N) is 1. The fraction of sp³-hybridized carbons (Fsp3) is 0.818. The van der Waals surface area contributed by atoms with Gasteiger partial charge in [-0.1, -0.05) is 13.8 Å². The second-order valence-corrected chi connectivity index (χ2v) is 5.59. The molecule has 1 aliphatic heterocycles. The molecule has 1 saturated heterocycles. The molecule has 0 aromatic carbocycles. The Balaban J connectivity index is 1.96. The number of amides is 2. The van der Waals surface area contributed by atoms with Gasteiger partial charge in [0, 0.05) is 19.0 Å². The molecule has 2 fully saturated rings. The van der Waals surface area contributed by atoms with E-state index in [0.717, 1.165) is 6.42 Å². The maximum absolute atomic E-state index is 11.9. The molecule has 6 nitrogen and oxygen atoms in total. The number of carbonyl (C=O) groups excluding carboxylic acids is 1. The van der Waals surface area contributed by atoms with E-state index in [-0.39, 0.29) is 30.5 Å². The van der Waals surface area contributed by atoms with E-state index in [0.29, 0.717) is 0 Å². The van der Waals surface area contributed by atoms with E-state index in [2.05, 4.69) is 5.32 Å². The predicted octanol–water partition coefficient (Wildman–Crippen LogP) is 0.0143. The summed E-state index contributed by atoms with van der Waals surface area (Å²) in [4.78, 5) is 24.1. The maximum atomic E-state index is 11.9. The van der Waals surface area contributed by atoms with Crippen LogP contribution >= 0.6 is 0 Å². The second-order valence-electron chi connectivity index (χ2n) is 5.59. The first-order chi connectivity index (χ1) is 7.81. The first kappa shape index (κ1) is 12.2. The highest BCUT2D eigenvalue weighted by Gasteiger charge is 2.48. The number of hydrogen-bond donors (Lipinski definition) is 3. The van der Waals surface area contributed by atoms with Crippen molar-refractivity contribution in [1.82, 2.24) is 10.2 Å². The van der Waals surface area contributed by atoms with Crippen molar-refractivity contribution in [3.05, 3.63) is 0 Å². The van der Waals surface area contributed by atoms with E-state index < -0.39 is 18.1 Å². The highest BCUT2D eigenvalue weighted by molar-refractivity contribution is 5.83. The van der Waals surface area contributed by atoms with Gasteiger partial charge < -0.3 is 20.4 Å². The van der Waals surface area contributed by atoms with Gasteiger partial charge in [-0.25, -0.2) is 9.59 Å². The summed E-state index contributed by atoms with van der Waals surface area (Å²) in [5, 5.41) is 21.2. The first-order valence-corrected chi connectivity index (χ1v) is 5.79. The number of likely N-dealkylation sites (tertiary alicyclic amines) is 1. The quantitative estimate of drug-likeness (QED) is 0.636. The lowest BCUT2D eigenvalue weighted by Crippen LogP contribution is -2.47. The zero-order valence-electron chi connectivity index (χ0n) is 10.0. The van der Waals surface area contributed by atoms with Crippen molar-refractivity contribution in [1.29, 1.82) is 0 Å². The summed E-state index contributed by atoms with van der Waals surface area (Å²) in [6.07, 6.45) is 0.276. The topological polar surface area (TPSA) is 89.9 Å². The molecule has 0 radical (unpaired) electrons. The normalized spacial score (nSPS) is 34.5. The van der Waals surface area contributed by atoms with Crippen LogP contribution in [0.1, 0.15) is 26.7 Å². The van der Waals surface area contributed by atoms with Crippen molar-refractivity contribution in [2.24, 2.45) is 5.41 Å². The third-order valence-electron chi connectivity index (χ3n) is 3.64. The fourth-order valence-corrected chi connectivity index (χ4v) is 2.22. The lowest BCUT2D eigenvalue weighted by molar-refractivity contribution is -0.141. The van der Waals surface area contributed by atoms with Gasteiger partial charge >= 0.3 is 12.0 Å². The highest BCUT2D eigenvalue weighted by Crippen LogP contribution is 2.44. The van der Waals surface area contributed by atoms with Crippen molar-refractivity contribution in [2.75, 3.05) is 6.54 Å². The number of carboxylic acid groups (broad SMARTS) is 1. The van der Waals surface area contributed by atoms with Crippen LogP contribution in [0.3, 0.4) is 0 Å². The Labute approximate surface area is 99.6 Å². The van der Waals surface area contributed by atoms with Gasteiger partial charge in [0.15, 0.2) is 0 Å². The Hall–Kier alpha value is -1.30. The molecule has 0 bridgehead atoms. The molecule has 0 aromatic rings. The Bertz CT molecular complexity index is 355. The van der Waals surface area contributed by atoms with Crippen molar-refractivity contribution >= 4 is 12.0 Å². The van der Waals surface area contributed by atoms with Crippen LogP contribution in [-0.4, -0.2) is 51.8 Å². The van der Waals surface area contributed by atoms with Crippen LogP contribution in [0.5, 0.6) is 0 Å². The van der Waals surface area contributed by atoms with Crippen LogP contribution in [0.2, 0.25) is 0 Å². The summed E-state index contributed by atoms with van der Waals surface area (Å²) in [6.45, 7) is 4.19.